The van der Waals surface area contributed by atoms with Crippen LogP contribution in [0.25, 0.3) is 0 Å². The number of nitrogens with two attached hydrogens (primary N) is 1. The SMILES string of the molecule is CCC(C)c1ccc(NCCCCN)cc1. The van der Waals surface area contributed by atoms with Crippen molar-refractivity contribution in [2.45, 2.75) is 39.0 Å². The minimum absolute atomic E-state index is 0.659. The van der Waals surface area contributed by atoms with E-state index in [4.69, 9.17) is 5.73 Å². The van der Waals surface area contributed by atoms with Crippen LogP contribution < -0.4 is 11.1 Å². The third-order valence-electron chi connectivity index (χ3n) is 3.05. The van der Waals surface area contributed by atoms with Crippen LogP contribution in [0.2, 0.25) is 0 Å². The summed E-state index contributed by atoms with van der Waals surface area (Å²) in [5, 5.41) is 3.41. The Morgan fingerprint density at radius 2 is 1.88 bits per heavy atom. The van der Waals surface area contributed by atoms with E-state index < -0.39 is 0 Å². The van der Waals surface area contributed by atoms with Crippen molar-refractivity contribution in [2.75, 3.05) is 18.4 Å². The Kier molecular flexibility index (Phi) is 5.94. The van der Waals surface area contributed by atoms with Gasteiger partial charge >= 0.3 is 0 Å². The molecule has 0 radical (unpaired) electrons. The second-order valence-electron chi connectivity index (χ2n) is 4.35. The van der Waals surface area contributed by atoms with Gasteiger partial charge in [-0.05, 0) is 49.4 Å². The highest BCUT2D eigenvalue weighted by molar-refractivity contribution is 5.45. The number of unbranched alkanes of at least 4 members (excludes halogenated alkanes) is 1. The van der Waals surface area contributed by atoms with E-state index in [2.05, 4.69) is 43.4 Å². The maximum atomic E-state index is 5.45. The molecule has 1 rings (SSSR count). The minimum Gasteiger partial charge on any atom is -0.385 e. The van der Waals surface area contributed by atoms with Crippen LogP contribution in [0.15, 0.2) is 24.3 Å². The van der Waals surface area contributed by atoms with Crippen molar-refractivity contribution in [2.24, 2.45) is 5.73 Å². The number of benzene rings is 1. The molecule has 0 spiro atoms. The Morgan fingerprint density at radius 3 is 2.44 bits per heavy atom. The van der Waals surface area contributed by atoms with Crippen LogP contribution in [-0.4, -0.2) is 13.1 Å². The Hall–Kier alpha value is -1.02. The lowest BCUT2D eigenvalue weighted by molar-refractivity contribution is 0.733. The van der Waals surface area contributed by atoms with Crippen molar-refractivity contribution in [3.05, 3.63) is 29.8 Å². The van der Waals surface area contributed by atoms with Gasteiger partial charge in [-0.1, -0.05) is 26.0 Å². The van der Waals surface area contributed by atoms with Gasteiger partial charge in [-0.15, -0.1) is 0 Å². The second-order valence-corrected chi connectivity index (χ2v) is 4.35. The van der Waals surface area contributed by atoms with Gasteiger partial charge in [0.15, 0.2) is 0 Å². The second kappa shape index (κ2) is 7.29. The molecule has 2 nitrogen and oxygen atoms in total. The van der Waals surface area contributed by atoms with E-state index in [0.717, 1.165) is 25.9 Å². The van der Waals surface area contributed by atoms with Crippen LogP contribution in [0, 0.1) is 0 Å². The molecule has 16 heavy (non-hydrogen) atoms. The third-order valence-corrected chi connectivity index (χ3v) is 3.05. The average Bonchev–Trinajstić information content (AvgIpc) is 2.34. The minimum atomic E-state index is 0.659. The van der Waals surface area contributed by atoms with Crippen LogP contribution in [0.4, 0.5) is 5.69 Å². The van der Waals surface area contributed by atoms with Crippen LogP contribution in [0.1, 0.15) is 44.6 Å². The topological polar surface area (TPSA) is 38.0 Å². The zero-order chi connectivity index (χ0) is 11.8. The third kappa shape index (κ3) is 4.23. The first kappa shape index (κ1) is 13.0. The smallest absolute Gasteiger partial charge is 0.0340 e. The summed E-state index contributed by atoms with van der Waals surface area (Å²) < 4.78 is 0. The molecule has 0 amide bonds. The normalized spacial score (nSPS) is 12.4. The van der Waals surface area contributed by atoms with E-state index in [9.17, 15) is 0 Å². The summed E-state index contributed by atoms with van der Waals surface area (Å²) in [6, 6.07) is 8.78. The zero-order valence-corrected chi connectivity index (χ0v) is 10.5. The van der Waals surface area contributed by atoms with Crippen molar-refractivity contribution >= 4 is 5.69 Å². The van der Waals surface area contributed by atoms with Crippen LogP contribution in [-0.2, 0) is 0 Å². The first-order chi connectivity index (χ1) is 7.77. The molecule has 0 aliphatic heterocycles. The lowest BCUT2D eigenvalue weighted by Gasteiger charge is -2.10. The van der Waals surface area contributed by atoms with Crippen LogP contribution >= 0.6 is 0 Å². The lowest BCUT2D eigenvalue weighted by atomic mass is 9.99. The van der Waals surface area contributed by atoms with Crippen molar-refractivity contribution < 1.29 is 0 Å². The molecule has 0 aliphatic carbocycles. The molecule has 1 aromatic rings. The molecule has 3 N–H and O–H groups in total. The van der Waals surface area contributed by atoms with Crippen molar-refractivity contribution in [1.82, 2.24) is 0 Å². The molecule has 0 bridgehead atoms. The van der Waals surface area contributed by atoms with Crippen molar-refractivity contribution in [3.63, 3.8) is 0 Å². The summed E-state index contributed by atoms with van der Waals surface area (Å²) in [6.07, 6.45) is 3.44. The monoisotopic (exact) mass is 220 g/mol. The molecule has 1 atom stereocenters. The average molecular weight is 220 g/mol. The fourth-order valence-electron chi connectivity index (χ4n) is 1.67. The summed E-state index contributed by atoms with van der Waals surface area (Å²) in [5.41, 5.74) is 8.09. The van der Waals surface area contributed by atoms with Crippen molar-refractivity contribution in [3.8, 4) is 0 Å². The number of rotatable bonds is 7. The summed E-state index contributed by atoms with van der Waals surface area (Å²) in [6.45, 7) is 6.29. The summed E-state index contributed by atoms with van der Waals surface area (Å²) >= 11 is 0. The van der Waals surface area contributed by atoms with Crippen LogP contribution in [0.3, 0.4) is 0 Å². The van der Waals surface area contributed by atoms with E-state index in [1.165, 1.54) is 17.7 Å². The van der Waals surface area contributed by atoms with Gasteiger partial charge in [0.05, 0.1) is 0 Å². The molecule has 90 valence electrons. The van der Waals surface area contributed by atoms with Gasteiger partial charge in [-0.2, -0.15) is 0 Å². The van der Waals surface area contributed by atoms with Crippen molar-refractivity contribution in [1.29, 1.82) is 0 Å². The highest BCUT2D eigenvalue weighted by Gasteiger charge is 2.01. The van der Waals surface area contributed by atoms with E-state index >= 15 is 0 Å². The van der Waals surface area contributed by atoms with Crippen LogP contribution in [0.5, 0.6) is 0 Å². The van der Waals surface area contributed by atoms with Gasteiger partial charge in [0, 0.05) is 12.2 Å². The standard InChI is InChI=1S/C14H24N2/c1-3-12(2)13-6-8-14(9-7-13)16-11-5-4-10-15/h6-9,12,16H,3-5,10-11,15H2,1-2H3. The molecular formula is C14H24N2. The van der Waals surface area contributed by atoms with E-state index in [1.54, 1.807) is 0 Å². The molecule has 1 aromatic carbocycles. The molecule has 0 saturated carbocycles. The first-order valence-electron chi connectivity index (χ1n) is 6.31. The summed E-state index contributed by atoms with van der Waals surface area (Å²) in [7, 11) is 0. The fraction of sp³-hybridized carbons (Fsp3) is 0.571. The van der Waals surface area contributed by atoms with Gasteiger partial charge in [0.1, 0.15) is 0 Å². The number of hydrogen-bond donors (Lipinski definition) is 2. The summed E-state index contributed by atoms with van der Waals surface area (Å²) in [4.78, 5) is 0. The molecule has 0 fully saturated rings. The Morgan fingerprint density at radius 1 is 1.19 bits per heavy atom. The quantitative estimate of drug-likeness (QED) is 0.692. The molecular weight excluding hydrogens is 196 g/mol. The summed E-state index contributed by atoms with van der Waals surface area (Å²) in [5.74, 6) is 0.659. The van der Waals surface area contributed by atoms with Gasteiger partial charge in [-0.3, -0.25) is 0 Å². The van der Waals surface area contributed by atoms with E-state index in [1.807, 2.05) is 0 Å². The highest BCUT2D eigenvalue weighted by Crippen LogP contribution is 2.20. The van der Waals surface area contributed by atoms with Gasteiger partial charge in [0.2, 0.25) is 0 Å². The molecule has 2 heteroatoms. The molecule has 0 saturated heterocycles. The molecule has 0 heterocycles. The lowest BCUT2D eigenvalue weighted by Crippen LogP contribution is -2.05. The maximum Gasteiger partial charge on any atom is 0.0340 e. The zero-order valence-electron chi connectivity index (χ0n) is 10.5. The van der Waals surface area contributed by atoms with Gasteiger partial charge < -0.3 is 11.1 Å². The largest absolute Gasteiger partial charge is 0.385 e. The Bertz CT molecular complexity index is 279. The van der Waals surface area contributed by atoms with Gasteiger partial charge in [0.25, 0.3) is 0 Å². The molecule has 0 aromatic heterocycles. The number of anilines is 1. The Labute approximate surface area is 99.2 Å². The molecule has 0 aliphatic rings. The number of nitrogens with one attached hydrogen (secondary N) is 1. The molecule has 1 unspecified atom stereocenters. The Balaban J connectivity index is 2.39. The van der Waals surface area contributed by atoms with E-state index in [0.29, 0.717) is 5.92 Å². The predicted molar refractivity (Wildman–Crippen MR) is 71.9 cm³/mol. The first-order valence-corrected chi connectivity index (χ1v) is 6.31. The fourth-order valence-corrected chi connectivity index (χ4v) is 1.67. The van der Waals surface area contributed by atoms with Gasteiger partial charge in [-0.25, -0.2) is 0 Å². The number of hydrogen-bond acceptors (Lipinski definition) is 2. The van der Waals surface area contributed by atoms with E-state index in [-0.39, 0.29) is 0 Å². The maximum absolute atomic E-state index is 5.45. The predicted octanol–water partition coefficient (Wildman–Crippen LogP) is 3.35. The highest BCUT2D eigenvalue weighted by atomic mass is 14.9.